The first kappa shape index (κ1) is 22.2. The lowest BCUT2D eigenvalue weighted by molar-refractivity contribution is -0.104. The highest BCUT2D eigenvalue weighted by molar-refractivity contribution is 5.73. The van der Waals surface area contributed by atoms with Crippen molar-refractivity contribution in [2.24, 2.45) is 0 Å². The first-order chi connectivity index (χ1) is 17.1. The van der Waals surface area contributed by atoms with Crippen LogP contribution in [0.15, 0.2) is 12.4 Å². The Morgan fingerprint density at radius 2 is 1.91 bits per heavy atom. The zero-order chi connectivity index (χ0) is 23.9. The minimum Gasteiger partial charge on any atom is -0.441 e. The number of nitrogens with zero attached hydrogens (tertiary/aromatic N) is 7. The lowest BCUT2D eigenvalue weighted by Crippen LogP contribution is -2.45. The molecule has 12 heteroatoms. The Morgan fingerprint density at radius 1 is 1.09 bits per heavy atom. The molecule has 2 aromatic heterocycles. The first-order valence-corrected chi connectivity index (χ1v) is 12.2. The Bertz CT molecular complexity index is 1100. The van der Waals surface area contributed by atoms with Crippen LogP contribution in [0.5, 0.6) is 0 Å². The number of fused-ring (bicyclic) bond motifs is 1. The van der Waals surface area contributed by atoms with Crippen molar-refractivity contribution in [3.05, 3.63) is 18.0 Å². The number of amides is 1. The van der Waals surface area contributed by atoms with Gasteiger partial charge in [0.1, 0.15) is 5.82 Å². The van der Waals surface area contributed by atoms with E-state index in [-0.39, 0.29) is 30.2 Å². The van der Waals surface area contributed by atoms with Gasteiger partial charge in [-0.1, -0.05) is 0 Å². The van der Waals surface area contributed by atoms with Crippen molar-refractivity contribution in [3.8, 4) is 11.3 Å². The zero-order valence-electron chi connectivity index (χ0n) is 19.8. The monoisotopic (exact) mass is 482 g/mol. The second-order valence-corrected chi connectivity index (χ2v) is 9.50. The molecule has 4 aliphatic heterocycles. The van der Waals surface area contributed by atoms with Crippen LogP contribution in [-0.2, 0) is 20.6 Å². The maximum Gasteiger partial charge on any atom is 0.410 e. The van der Waals surface area contributed by atoms with Crippen molar-refractivity contribution < 1.29 is 19.0 Å². The number of hydrogen-bond donors (Lipinski definition) is 1. The van der Waals surface area contributed by atoms with Crippen molar-refractivity contribution in [3.63, 3.8) is 0 Å². The maximum atomic E-state index is 12.6. The van der Waals surface area contributed by atoms with E-state index in [2.05, 4.69) is 26.7 Å². The number of nitrogen functional groups attached to an aromatic ring is 1. The Balaban J connectivity index is 1.30. The molecule has 2 atom stereocenters. The topological polar surface area (TPSA) is 132 Å². The predicted octanol–water partition coefficient (Wildman–Crippen LogP) is 0.713. The second-order valence-electron chi connectivity index (χ2n) is 9.50. The molecule has 2 unspecified atom stereocenters. The molecule has 186 valence electrons. The predicted molar refractivity (Wildman–Crippen MR) is 127 cm³/mol. The van der Waals surface area contributed by atoms with Crippen LogP contribution in [0.25, 0.3) is 11.3 Å². The molecule has 0 aromatic carbocycles. The van der Waals surface area contributed by atoms with Crippen LogP contribution >= 0.6 is 0 Å². The van der Waals surface area contributed by atoms with Crippen LogP contribution < -0.4 is 15.5 Å². The summed E-state index contributed by atoms with van der Waals surface area (Å²) < 4.78 is 16.3. The van der Waals surface area contributed by atoms with E-state index in [1.54, 1.807) is 17.3 Å². The lowest BCUT2D eigenvalue weighted by atomic mass is 10.1. The zero-order valence-corrected chi connectivity index (χ0v) is 19.8. The molecule has 0 saturated carbocycles. The number of likely N-dealkylation sites (tertiary alicyclic amines) is 1. The van der Waals surface area contributed by atoms with Gasteiger partial charge in [-0.25, -0.2) is 19.7 Å². The summed E-state index contributed by atoms with van der Waals surface area (Å²) in [6.45, 7) is 7.19. The highest BCUT2D eigenvalue weighted by atomic mass is 16.6. The highest BCUT2D eigenvalue weighted by Gasteiger charge is 2.38. The van der Waals surface area contributed by atoms with Crippen molar-refractivity contribution in [2.45, 2.75) is 38.0 Å². The minimum absolute atomic E-state index is 0.121. The van der Waals surface area contributed by atoms with Gasteiger partial charge in [0.25, 0.3) is 0 Å². The van der Waals surface area contributed by atoms with E-state index in [1.807, 2.05) is 0 Å². The van der Waals surface area contributed by atoms with E-state index >= 15 is 0 Å². The van der Waals surface area contributed by atoms with Crippen molar-refractivity contribution >= 4 is 23.8 Å². The average molecular weight is 483 g/mol. The third-order valence-electron chi connectivity index (χ3n) is 7.16. The summed E-state index contributed by atoms with van der Waals surface area (Å²) in [6.07, 6.45) is 4.74. The van der Waals surface area contributed by atoms with Gasteiger partial charge in [-0.15, -0.1) is 0 Å². The van der Waals surface area contributed by atoms with Gasteiger partial charge in [0.05, 0.1) is 38.2 Å². The molecule has 2 N–H and O–H groups in total. The molecule has 0 spiro atoms. The van der Waals surface area contributed by atoms with Gasteiger partial charge < -0.3 is 34.6 Å². The molecule has 0 bridgehead atoms. The fourth-order valence-electron chi connectivity index (χ4n) is 5.14. The first-order valence-electron chi connectivity index (χ1n) is 12.2. The number of carbonyl (C=O) groups is 1. The highest BCUT2D eigenvalue weighted by Crippen LogP contribution is 2.38. The van der Waals surface area contributed by atoms with Gasteiger partial charge in [-0.05, 0) is 19.8 Å². The van der Waals surface area contributed by atoms with Crippen molar-refractivity contribution in [1.82, 2.24) is 24.8 Å². The quantitative estimate of drug-likeness (QED) is 0.661. The van der Waals surface area contributed by atoms with Gasteiger partial charge in [0, 0.05) is 55.7 Å². The Kier molecular flexibility index (Phi) is 5.77. The van der Waals surface area contributed by atoms with Crippen LogP contribution in [0.1, 0.15) is 18.9 Å². The Labute approximate surface area is 203 Å². The van der Waals surface area contributed by atoms with Crippen LogP contribution in [0.4, 0.5) is 22.5 Å². The van der Waals surface area contributed by atoms with Gasteiger partial charge in [-0.3, -0.25) is 0 Å². The molecule has 12 nitrogen and oxygen atoms in total. The summed E-state index contributed by atoms with van der Waals surface area (Å²) >= 11 is 0. The number of ether oxygens (including phenoxy) is 3. The number of rotatable bonds is 4. The summed E-state index contributed by atoms with van der Waals surface area (Å²) in [4.78, 5) is 37.3. The summed E-state index contributed by atoms with van der Waals surface area (Å²) in [7, 11) is 0. The summed E-state index contributed by atoms with van der Waals surface area (Å²) in [5.41, 5.74) is 8.47. The van der Waals surface area contributed by atoms with Gasteiger partial charge in [0.15, 0.2) is 6.10 Å². The van der Waals surface area contributed by atoms with Gasteiger partial charge in [0.2, 0.25) is 11.9 Å². The number of hydrogen-bond acceptors (Lipinski definition) is 11. The molecular weight excluding hydrogens is 452 g/mol. The molecule has 3 saturated heterocycles. The lowest BCUT2D eigenvalue weighted by Gasteiger charge is -2.34. The maximum absolute atomic E-state index is 12.6. The molecule has 6 rings (SSSR count). The molecule has 1 amide bonds. The van der Waals surface area contributed by atoms with Gasteiger partial charge in [-0.2, -0.15) is 4.98 Å². The minimum atomic E-state index is -0.259. The largest absolute Gasteiger partial charge is 0.441 e. The fraction of sp³-hybridized carbons (Fsp3) is 0.609. The molecule has 2 aromatic rings. The number of morpholine rings is 1. The second kappa shape index (κ2) is 9.08. The standard InChI is InChI=1S/C23H30N8O4/c1-14-11-33-7-6-30(14)22-27-19(15-8-25-21(24)26-9-15)18-3-5-31(20(18)28-22)16-2-4-29(10-16)23(32)35-17-12-34-13-17/h8-9,14,16-17H,2-7,10-13H2,1H3,(H2,24,25,26). The van der Waals surface area contributed by atoms with E-state index in [9.17, 15) is 4.79 Å². The summed E-state index contributed by atoms with van der Waals surface area (Å²) in [5, 5.41) is 0. The van der Waals surface area contributed by atoms with E-state index in [4.69, 9.17) is 29.9 Å². The fourth-order valence-corrected chi connectivity index (χ4v) is 5.14. The average Bonchev–Trinajstić information content (AvgIpc) is 3.49. The smallest absolute Gasteiger partial charge is 0.410 e. The Morgan fingerprint density at radius 3 is 2.66 bits per heavy atom. The van der Waals surface area contributed by atoms with E-state index in [1.165, 1.54) is 0 Å². The number of anilines is 3. The number of nitrogens with two attached hydrogens (primary N) is 1. The van der Waals surface area contributed by atoms with Crippen LogP contribution in [0.2, 0.25) is 0 Å². The van der Waals surface area contributed by atoms with Crippen LogP contribution in [0.3, 0.4) is 0 Å². The molecule has 0 aliphatic carbocycles. The van der Waals surface area contributed by atoms with E-state index in [0.29, 0.717) is 45.5 Å². The molecule has 0 radical (unpaired) electrons. The van der Waals surface area contributed by atoms with Crippen LogP contribution in [-0.4, -0.2) is 102 Å². The number of aromatic nitrogens is 4. The van der Waals surface area contributed by atoms with E-state index in [0.717, 1.165) is 48.6 Å². The van der Waals surface area contributed by atoms with Crippen LogP contribution in [0, 0.1) is 0 Å². The number of carbonyl (C=O) groups excluding carboxylic acids is 1. The molecule has 35 heavy (non-hydrogen) atoms. The Hall–Kier alpha value is -3.25. The SMILES string of the molecule is CC1COCCN1c1nc(-c2cnc(N)nc2)c2c(n1)N(C1CCN(C(=O)OC3COC3)C1)CC2. The summed E-state index contributed by atoms with van der Waals surface area (Å²) in [5.74, 6) is 1.83. The third-order valence-corrected chi connectivity index (χ3v) is 7.16. The molecule has 6 heterocycles. The van der Waals surface area contributed by atoms with E-state index < -0.39 is 0 Å². The third kappa shape index (κ3) is 4.20. The van der Waals surface area contributed by atoms with Crippen molar-refractivity contribution in [2.75, 3.05) is 68.1 Å². The molecule has 4 aliphatic rings. The normalized spacial score (nSPS) is 24.4. The molecular formula is C23H30N8O4. The summed E-state index contributed by atoms with van der Waals surface area (Å²) in [6, 6.07) is 0.334. The van der Waals surface area contributed by atoms with Crippen molar-refractivity contribution in [1.29, 1.82) is 0 Å². The molecule has 3 fully saturated rings. The van der Waals surface area contributed by atoms with Gasteiger partial charge >= 0.3 is 6.09 Å².